The van der Waals surface area contributed by atoms with E-state index in [9.17, 15) is 18.0 Å². The third kappa shape index (κ3) is 2.27. The van der Waals surface area contributed by atoms with Crippen LogP contribution in [0.5, 0.6) is 0 Å². The second-order valence-corrected chi connectivity index (χ2v) is 5.04. The van der Waals surface area contributed by atoms with Gasteiger partial charge in [0.05, 0.1) is 5.69 Å². The van der Waals surface area contributed by atoms with Crippen LogP contribution in [0, 0.1) is 17.8 Å². The number of fused-ring (bicyclic) bond motifs is 1. The molecular formula is C14H11F3N2O2. The molecule has 1 saturated carbocycles. The lowest BCUT2D eigenvalue weighted by Gasteiger charge is -2.35. The van der Waals surface area contributed by atoms with E-state index < -0.39 is 17.9 Å². The van der Waals surface area contributed by atoms with Crippen LogP contribution in [0.15, 0.2) is 18.2 Å². The second kappa shape index (κ2) is 4.32. The molecule has 1 aliphatic heterocycles. The fourth-order valence-corrected chi connectivity index (χ4v) is 2.10. The van der Waals surface area contributed by atoms with E-state index >= 15 is 0 Å². The number of hydrogen-bond donors (Lipinski definition) is 2. The van der Waals surface area contributed by atoms with E-state index in [-0.39, 0.29) is 22.9 Å². The van der Waals surface area contributed by atoms with Gasteiger partial charge in [-0.2, -0.15) is 13.2 Å². The normalized spacial score (nSPS) is 24.2. The molecule has 0 radical (unpaired) electrons. The zero-order valence-electron chi connectivity index (χ0n) is 10.8. The summed E-state index contributed by atoms with van der Waals surface area (Å²) in [4.78, 5) is 11.5. The van der Waals surface area contributed by atoms with Crippen molar-refractivity contribution in [3.05, 3.63) is 23.8 Å². The van der Waals surface area contributed by atoms with Crippen LogP contribution in [0.4, 0.5) is 29.3 Å². The monoisotopic (exact) mass is 296 g/mol. The SMILES string of the molecule is Nc1ccc2c(c1)[C@@](C#CC1CC1)(C(F)(F)F)OC(=O)N2. The summed E-state index contributed by atoms with van der Waals surface area (Å²) in [5.74, 6) is 4.61. The summed E-state index contributed by atoms with van der Waals surface area (Å²) in [6.45, 7) is 0. The molecule has 110 valence electrons. The molecule has 0 unspecified atom stereocenters. The van der Waals surface area contributed by atoms with Crippen molar-refractivity contribution in [2.24, 2.45) is 5.92 Å². The Labute approximate surface area is 118 Å². The maximum atomic E-state index is 13.6. The molecule has 1 fully saturated rings. The molecule has 2 aliphatic rings. The molecule has 0 bridgehead atoms. The summed E-state index contributed by atoms with van der Waals surface area (Å²) in [6.07, 6.45) is -4.53. The van der Waals surface area contributed by atoms with Crippen LogP contribution >= 0.6 is 0 Å². The van der Waals surface area contributed by atoms with Crippen LogP contribution in [0.1, 0.15) is 18.4 Å². The standard InChI is InChI=1S/C14H11F3N2O2/c15-14(16,17)13(6-5-8-1-2-8)10-7-9(18)3-4-11(10)19-12(20)21-13/h3-4,7-8H,1-2,18H2,(H,19,20)/t13-/m0/s1. The molecule has 1 amide bonds. The number of halogens is 3. The van der Waals surface area contributed by atoms with Crippen molar-refractivity contribution in [2.45, 2.75) is 24.6 Å². The molecule has 3 rings (SSSR count). The number of carbonyl (C=O) groups excluding carboxylic acids is 1. The summed E-state index contributed by atoms with van der Waals surface area (Å²) in [5.41, 5.74) is 2.44. The average molecular weight is 296 g/mol. The minimum atomic E-state index is -4.87. The number of nitrogens with two attached hydrogens (primary N) is 1. The third-order valence-electron chi connectivity index (χ3n) is 3.33. The fourth-order valence-electron chi connectivity index (χ4n) is 2.10. The number of ether oxygens (including phenoxy) is 1. The molecule has 0 saturated heterocycles. The lowest BCUT2D eigenvalue weighted by molar-refractivity contribution is -0.239. The minimum absolute atomic E-state index is 0.00266. The van der Waals surface area contributed by atoms with Gasteiger partial charge in [0, 0.05) is 17.2 Å². The average Bonchev–Trinajstić information content (AvgIpc) is 3.19. The van der Waals surface area contributed by atoms with Gasteiger partial charge in [-0.15, -0.1) is 0 Å². The first-order valence-electron chi connectivity index (χ1n) is 6.31. The highest BCUT2D eigenvalue weighted by atomic mass is 19.4. The maximum Gasteiger partial charge on any atom is 0.445 e. The molecule has 3 N–H and O–H groups in total. The van der Waals surface area contributed by atoms with Crippen molar-refractivity contribution in [1.29, 1.82) is 0 Å². The number of hydrogen-bond acceptors (Lipinski definition) is 3. The van der Waals surface area contributed by atoms with Crippen LogP contribution in [0.3, 0.4) is 0 Å². The van der Waals surface area contributed by atoms with Crippen molar-refractivity contribution in [3.8, 4) is 11.8 Å². The summed E-state index contributed by atoms with van der Waals surface area (Å²) < 4.78 is 45.4. The highest BCUT2D eigenvalue weighted by Crippen LogP contribution is 2.48. The molecule has 0 aromatic heterocycles. The lowest BCUT2D eigenvalue weighted by atomic mass is 9.90. The molecule has 0 spiro atoms. The van der Waals surface area contributed by atoms with Gasteiger partial charge >= 0.3 is 12.3 Å². The molecule has 1 atom stereocenters. The Balaban J connectivity index is 2.22. The van der Waals surface area contributed by atoms with E-state index in [2.05, 4.69) is 21.9 Å². The van der Waals surface area contributed by atoms with Crippen molar-refractivity contribution >= 4 is 17.5 Å². The van der Waals surface area contributed by atoms with Crippen molar-refractivity contribution in [3.63, 3.8) is 0 Å². The molecule has 21 heavy (non-hydrogen) atoms. The van der Waals surface area contributed by atoms with Crippen LogP contribution in [0.2, 0.25) is 0 Å². The Morgan fingerprint density at radius 1 is 1.38 bits per heavy atom. The van der Waals surface area contributed by atoms with Crippen molar-refractivity contribution < 1.29 is 22.7 Å². The number of anilines is 2. The van der Waals surface area contributed by atoms with Crippen LogP contribution in [0.25, 0.3) is 0 Å². The van der Waals surface area contributed by atoms with Crippen molar-refractivity contribution in [2.75, 3.05) is 11.1 Å². The number of cyclic esters (lactones) is 1. The van der Waals surface area contributed by atoms with Gasteiger partial charge in [0.25, 0.3) is 5.60 Å². The first-order chi connectivity index (χ1) is 9.82. The highest BCUT2D eigenvalue weighted by Gasteiger charge is 2.62. The molecule has 1 aromatic carbocycles. The Morgan fingerprint density at radius 3 is 2.71 bits per heavy atom. The van der Waals surface area contributed by atoms with Gasteiger partial charge in [-0.05, 0) is 37.0 Å². The largest absolute Gasteiger partial charge is 0.445 e. The number of nitrogens with one attached hydrogen (secondary N) is 1. The van der Waals surface area contributed by atoms with E-state index in [0.29, 0.717) is 0 Å². The molecule has 1 aliphatic carbocycles. The summed E-state index contributed by atoms with van der Waals surface area (Å²) in [6, 6.07) is 3.84. The number of amides is 1. The van der Waals surface area contributed by atoms with Crippen LogP contribution in [-0.4, -0.2) is 12.3 Å². The third-order valence-corrected chi connectivity index (χ3v) is 3.33. The first kappa shape index (κ1) is 13.6. The Hall–Kier alpha value is -2.36. The summed E-state index contributed by atoms with van der Waals surface area (Å²) in [7, 11) is 0. The summed E-state index contributed by atoms with van der Waals surface area (Å²) >= 11 is 0. The van der Waals surface area contributed by atoms with Crippen LogP contribution < -0.4 is 11.1 Å². The van der Waals surface area contributed by atoms with E-state index in [0.717, 1.165) is 18.9 Å². The molecule has 1 aromatic rings. The Bertz CT molecular complexity index is 671. The van der Waals surface area contributed by atoms with Gasteiger partial charge in [-0.1, -0.05) is 5.92 Å². The van der Waals surface area contributed by atoms with Gasteiger partial charge in [-0.25, -0.2) is 4.79 Å². The lowest BCUT2D eigenvalue weighted by Crippen LogP contribution is -2.49. The van der Waals surface area contributed by atoms with Gasteiger partial charge in [-0.3, -0.25) is 5.32 Å². The summed E-state index contributed by atoms with van der Waals surface area (Å²) in [5, 5.41) is 2.23. The quantitative estimate of drug-likeness (QED) is 0.571. The van der Waals surface area contributed by atoms with Crippen molar-refractivity contribution in [1.82, 2.24) is 0 Å². The molecule has 4 nitrogen and oxygen atoms in total. The van der Waals surface area contributed by atoms with Crippen LogP contribution in [-0.2, 0) is 10.3 Å². The topological polar surface area (TPSA) is 64.3 Å². The maximum absolute atomic E-state index is 13.6. The zero-order chi connectivity index (χ0) is 15.3. The number of rotatable bonds is 0. The molecular weight excluding hydrogens is 285 g/mol. The van der Waals surface area contributed by atoms with E-state index in [1.165, 1.54) is 12.1 Å². The van der Waals surface area contributed by atoms with Gasteiger partial charge < -0.3 is 10.5 Å². The van der Waals surface area contributed by atoms with E-state index in [1.54, 1.807) is 0 Å². The predicted molar refractivity (Wildman–Crippen MR) is 69.2 cm³/mol. The predicted octanol–water partition coefficient (Wildman–Crippen LogP) is 3.00. The zero-order valence-corrected chi connectivity index (χ0v) is 10.8. The highest BCUT2D eigenvalue weighted by molar-refractivity contribution is 5.90. The Morgan fingerprint density at radius 2 is 2.10 bits per heavy atom. The molecule has 1 heterocycles. The smallest absolute Gasteiger partial charge is 0.415 e. The van der Waals surface area contributed by atoms with E-state index in [4.69, 9.17) is 5.73 Å². The number of alkyl halides is 3. The van der Waals surface area contributed by atoms with Gasteiger partial charge in [0.1, 0.15) is 0 Å². The number of benzene rings is 1. The van der Waals surface area contributed by atoms with Gasteiger partial charge in [0.2, 0.25) is 0 Å². The minimum Gasteiger partial charge on any atom is -0.415 e. The van der Waals surface area contributed by atoms with Gasteiger partial charge in [0.15, 0.2) is 0 Å². The Kier molecular flexibility index (Phi) is 2.80. The second-order valence-electron chi connectivity index (χ2n) is 5.04. The fraction of sp³-hybridized carbons (Fsp3) is 0.357. The molecule has 7 heteroatoms. The first-order valence-corrected chi connectivity index (χ1v) is 6.31. The number of nitrogen functional groups attached to an aromatic ring is 1. The number of carbonyl (C=O) groups is 1. The van der Waals surface area contributed by atoms with E-state index in [1.807, 2.05) is 0 Å².